The topological polar surface area (TPSA) is 87.2 Å². The molecule has 7 heteroatoms. The molecule has 0 aromatic heterocycles. The van der Waals surface area contributed by atoms with Gasteiger partial charge in [-0.3, -0.25) is 9.59 Å². The van der Waals surface area contributed by atoms with Crippen LogP contribution < -0.4 is 4.90 Å². The van der Waals surface area contributed by atoms with E-state index in [2.05, 4.69) is 0 Å². The maximum atomic E-state index is 12.6. The highest BCUT2D eigenvalue weighted by Crippen LogP contribution is 2.27. The summed E-state index contributed by atoms with van der Waals surface area (Å²) in [4.78, 5) is 39.1. The monoisotopic (exact) mass is 332 g/mol. The van der Waals surface area contributed by atoms with Gasteiger partial charge < -0.3 is 19.6 Å². The number of aliphatic carboxylic acids is 1. The summed E-state index contributed by atoms with van der Waals surface area (Å²) in [5.41, 5.74) is 1.89. The third-order valence-corrected chi connectivity index (χ3v) is 4.47. The van der Waals surface area contributed by atoms with Crippen molar-refractivity contribution in [1.29, 1.82) is 0 Å². The van der Waals surface area contributed by atoms with Crippen molar-refractivity contribution < 1.29 is 24.2 Å². The van der Waals surface area contributed by atoms with Crippen LogP contribution in [-0.2, 0) is 19.1 Å². The maximum Gasteiger partial charge on any atom is 0.334 e. The van der Waals surface area contributed by atoms with Crippen molar-refractivity contribution in [3.8, 4) is 0 Å². The van der Waals surface area contributed by atoms with Crippen LogP contribution in [0.5, 0.6) is 0 Å². The zero-order chi connectivity index (χ0) is 17.3. The normalized spacial score (nSPS) is 24.3. The van der Waals surface area contributed by atoms with E-state index in [0.29, 0.717) is 13.1 Å². The smallest absolute Gasteiger partial charge is 0.334 e. The number of morpholine rings is 1. The number of carboxylic acid groups (broad SMARTS) is 1. The number of amides is 2. The number of hydrogen-bond acceptors (Lipinski definition) is 4. The first-order valence-electron chi connectivity index (χ1n) is 7.96. The van der Waals surface area contributed by atoms with Gasteiger partial charge in [-0.2, -0.15) is 0 Å². The average Bonchev–Trinajstić information content (AvgIpc) is 2.97. The van der Waals surface area contributed by atoms with Gasteiger partial charge in [0.15, 0.2) is 6.10 Å². The van der Waals surface area contributed by atoms with Gasteiger partial charge in [0.2, 0.25) is 11.8 Å². The highest BCUT2D eigenvalue weighted by molar-refractivity contribution is 6.00. The van der Waals surface area contributed by atoms with Gasteiger partial charge in [0.1, 0.15) is 0 Å². The van der Waals surface area contributed by atoms with Gasteiger partial charge in [0.05, 0.1) is 19.1 Å². The molecule has 2 amide bonds. The molecule has 2 heterocycles. The number of rotatable bonds is 3. The molecule has 0 unspecified atom stereocenters. The third kappa shape index (κ3) is 3.26. The van der Waals surface area contributed by atoms with Crippen LogP contribution >= 0.6 is 0 Å². The van der Waals surface area contributed by atoms with E-state index in [9.17, 15) is 14.4 Å². The molecule has 2 aliphatic rings. The molecular formula is C17H20N2O5. The maximum absolute atomic E-state index is 12.6. The summed E-state index contributed by atoms with van der Waals surface area (Å²) in [6.45, 7) is 2.89. The molecule has 0 spiro atoms. The number of carbonyl (C=O) groups excluding carboxylic acids is 2. The number of nitrogens with zero attached hydrogens (tertiary/aromatic N) is 2. The molecule has 24 heavy (non-hydrogen) atoms. The van der Waals surface area contributed by atoms with Crippen molar-refractivity contribution in [3.63, 3.8) is 0 Å². The lowest BCUT2D eigenvalue weighted by Crippen LogP contribution is -2.50. The Morgan fingerprint density at radius 3 is 2.58 bits per heavy atom. The van der Waals surface area contributed by atoms with Crippen LogP contribution in [0.4, 0.5) is 5.69 Å². The molecule has 1 N–H and O–H groups in total. The van der Waals surface area contributed by atoms with Crippen LogP contribution in [0.2, 0.25) is 0 Å². The van der Waals surface area contributed by atoms with E-state index in [0.717, 1.165) is 11.3 Å². The summed E-state index contributed by atoms with van der Waals surface area (Å²) in [5, 5.41) is 9.03. The number of anilines is 1. The summed E-state index contributed by atoms with van der Waals surface area (Å²) in [5.74, 6) is -1.77. The molecule has 1 aromatic carbocycles. The molecule has 2 aliphatic heterocycles. The summed E-state index contributed by atoms with van der Waals surface area (Å²) in [6.07, 6.45) is -0.838. The summed E-state index contributed by atoms with van der Waals surface area (Å²) < 4.78 is 5.13. The molecule has 0 bridgehead atoms. The highest BCUT2D eigenvalue weighted by Gasteiger charge is 2.39. The lowest BCUT2D eigenvalue weighted by atomic mass is 10.1. The van der Waals surface area contributed by atoms with Crippen LogP contribution in [0.1, 0.15) is 12.0 Å². The van der Waals surface area contributed by atoms with Crippen LogP contribution in [0.15, 0.2) is 24.3 Å². The highest BCUT2D eigenvalue weighted by atomic mass is 16.5. The number of ether oxygens (including phenoxy) is 1. The van der Waals surface area contributed by atoms with E-state index in [1.165, 1.54) is 4.90 Å². The van der Waals surface area contributed by atoms with Crippen molar-refractivity contribution in [2.75, 3.05) is 31.1 Å². The molecule has 3 rings (SSSR count). The zero-order valence-electron chi connectivity index (χ0n) is 13.5. The number of hydrogen-bond donors (Lipinski definition) is 1. The first kappa shape index (κ1) is 16.4. The van der Waals surface area contributed by atoms with Gasteiger partial charge in [0, 0.05) is 25.2 Å². The van der Waals surface area contributed by atoms with Gasteiger partial charge in [-0.15, -0.1) is 0 Å². The molecule has 128 valence electrons. The van der Waals surface area contributed by atoms with E-state index in [-0.39, 0.29) is 31.4 Å². The number of aryl methyl sites for hydroxylation is 1. The predicted molar refractivity (Wildman–Crippen MR) is 85.6 cm³/mol. The molecule has 2 saturated heterocycles. The Bertz CT molecular complexity index is 657. The fourth-order valence-electron chi connectivity index (χ4n) is 3.10. The van der Waals surface area contributed by atoms with Crippen LogP contribution in [-0.4, -0.2) is 60.1 Å². The molecule has 0 aliphatic carbocycles. The Labute approximate surface area is 139 Å². The predicted octanol–water partition coefficient (Wildman–Crippen LogP) is 0.660. The van der Waals surface area contributed by atoms with Gasteiger partial charge >= 0.3 is 5.97 Å². The van der Waals surface area contributed by atoms with Crippen LogP contribution in [0.25, 0.3) is 0 Å². The molecule has 7 nitrogen and oxygen atoms in total. The zero-order valence-corrected chi connectivity index (χ0v) is 13.5. The molecule has 2 fully saturated rings. The minimum atomic E-state index is -1.07. The average molecular weight is 332 g/mol. The van der Waals surface area contributed by atoms with Crippen LogP contribution in [0, 0.1) is 12.8 Å². The molecule has 2 atom stereocenters. The van der Waals surface area contributed by atoms with Crippen molar-refractivity contribution in [2.24, 2.45) is 5.92 Å². The van der Waals surface area contributed by atoms with Crippen molar-refractivity contribution >= 4 is 23.5 Å². The first-order chi connectivity index (χ1) is 11.5. The number of carboxylic acids is 1. The summed E-state index contributed by atoms with van der Waals surface area (Å²) >= 11 is 0. The number of carbonyl (C=O) groups is 3. The molecule has 0 saturated carbocycles. The van der Waals surface area contributed by atoms with Gasteiger partial charge in [-0.25, -0.2) is 4.79 Å². The van der Waals surface area contributed by atoms with Crippen LogP contribution in [0.3, 0.4) is 0 Å². The molecular weight excluding hydrogens is 312 g/mol. The number of benzene rings is 1. The van der Waals surface area contributed by atoms with E-state index >= 15 is 0 Å². The van der Waals surface area contributed by atoms with E-state index in [1.807, 2.05) is 31.2 Å². The second-order valence-corrected chi connectivity index (χ2v) is 6.22. The Balaban J connectivity index is 1.67. The lowest BCUT2D eigenvalue weighted by Gasteiger charge is -2.32. The largest absolute Gasteiger partial charge is 0.479 e. The van der Waals surface area contributed by atoms with Crippen molar-refractivity contribution in [3.05, 3.63) is 29.8 Å². The van der Waals surface area contributed by atoms with E-state index in [4.69, 9.17) is 9.84 Å². The fraction of sp³-hybridized carbons (Fsp3) is 0.471. The van der Waals surface area contributed by atoms with Crippen molar-refractivity contribution in [1.82, 2.24) is 4.90 Å². The Hall–Kier alpha value is -2.41. The third-order valence-electron chi connectivity index (χ3n) is 4.47. The minimum absolute atomic E-state index is 0.0311. The second kappa shape index (κ2) is 6.60. The van der Waals surface area contributed by atoms with Gasteiger partial charge in [0.25, 0.3) is 0 Å². The van der Waals surface area contributed by atoms with E-state index in [1.54, 1.807) is 4.90 Å². The fourth-order valence-corrected chi connectivity index (χ4v) is 3.10. The standard InChI is InChI=1S/C17H20N2O5/c1-11-2-4-13(5-3-11)19-9-12(8-15(19)20)16(21)18-6-7-24-14(10-18)17(22)23/h2-5,12,14H,6-10H2,1H3,(H,22,23)/t12-,14+/m1/s1. The van der Waals surface area contributed by atoms with Crippen molar-refractivity contribution in [2.45, 2.75) is 19.4 Å². The Morgan fingerprint density at radius 2 is 1.92 bits per heavy atom. The summed E-state index contributed by atoms with van der Waals surface area (Å²) in [7, 11) is 0. The minimum Gasteiger partial charge on any atom is -0.479 e. The second-order valence-electron chi connectivity index (χ2n) is 6.22. The van der Waals surface area contributed by atoms with Gasteiger partial charge in [-0.05, 0) is 19.1 Å². The first-order valence-corrected chi connectivity index (χ1v) is 7.96. The van der Waals surface area contributed by atoms with Gasteiger partial charge in [-0.1, -0.05) is 17.7 Å². The lowest BCUT2D eigenvalue weighted by molar-refractivity contribution is -0.160. The molecule has 1 aromatic rings. The quantitative estimate of drug-likeness (QED) is 0.879. The molecule has 0 radical (unpaired) electrons. The Morgan fingerprint density at radius 1 is 1.21 bits per heavy atom. The Kier molecular flexibility index (Phi) is 4.53. The SMILES string of the molecule is Cc1ccc(N2C[C@H](C(=O)N3CCO[C@H](C(=O)O)C3)CC2=O)cc1. The summed E-state index contributed by atoms with van der Waals surface area (Å²) in [6, 6.07) is 7.60. The van der Waals surface area contributed by atoms with E-state index < -0.39 is 18.0 Å².